The summed E-state index contributed by atoms with van der Waals surface area (Å²) in [6.07, 6.45) is 0. The molecule has 0 fully saturated rings. The van der Waals surface area contributed by atoms with Gasteiger partial charge in [-0.1, -0.05) is 6.07 Å². The molecule has 0 unspecified atom stereocenters. The van der Waals surface area contributed by atoms with Gasteiger partial charge in [-0.2, -0.15) is 9.50 Å². The lowest BCUT2D eigenvalue weighted by Gasteiger charge is -2.18. The van der Waals surface area contributed by atoms with Crippen LogP contribution in [0.25, 0.3) is 5.78 Å². The maximum absolute atomic E-state index is 11.5. The number of carboxylic acids is 1. The van der Waals surface area contributed by atoms with Gasteiger partial charge < -0.3 is 25.6 Å². The van der Waals surface area contributed by atoms with Gasteiger partial charge in [0.05, 0.1) is 12.8 Å². The highest BCUT2D eigenvalue weighted by Crippen LogP contribution is 2.28. The standard InChI is InChI=1S/C9H9ClN2O2.C9H7N5O5/c10-11-4-6-1-2-8-7(3-6)12-9(13)5-14-8;1-19-8(18)4-2-3(7(16)17)11-9-12-6(5(10)15)13-14(4)9/h1-3,11H,4-5H2,(H,12,13);2H,1H3,(H2,10,15)(H,16,17). The van der Waals surface area contributed by atoms with Gasteiger partial charge in [-0.3, -0.25) is 9.59 Å². The van der Waals surface area contributed by atoms with E-state index in [4.69, 9.17) is 27.4 Å². The molecule has 2 amide bonds. The van der Waals surface area contributed by atoms with Crippen molar-refractivity contribution in [2.75, 3.05) is 19.0 Å². The van der Waals surface area contributed by atoms with Crippen LogP contribution < -0.4 is 20.6 Å². The molecule has 172 valence electrons. The number of carboxylic acid groups (broad SMARTS) is 1. The second-order valence-corrected chi connectivity index (χ2v) is 6.58. The quantitative estimate of drug-likeness (QED) is 0.284. The number of ether oxygens (including phenoxy) is 2. The summed E-state index contributed by atoms with van der Waals surface area (Å²) in [4.78, 5) is 54.2. The smallest absolute Gasteiger partial charge is 0.356 e. The van der Waals surface area contributed by atoms with Gasteiger partial charge in [0.25, 0.3) is 17.6 Å². The summed E-state index contributed by atoms with van der Waals surface area (Å²) >= 11 is 5.38. The second-order valence-electron chi connectivity index (χ2n) is 6.31. The first-order valence-corrected chi connectivity index (χ1v) is 9.39. The summed E-state index contributed by atoms with van der Waals surface area (Å²) in [5.74, 6) is -3.21. The SMILES string of the molecule is COC(=O)c1cc(C(=O)O)nc2nc(C(N)=O)nn12.O=C1COc2ccc(CNCl)cc2N1. The molecule has 0 atom stereocenters. The number of halogens is 1. The number of primary amides is 1. The summed E-state index contributed by atoms with van der Waals surface area (Å²) in [5.41, 5.74) is 6.02. The molecule has 0 aliphatic carbocycles. The number of fused-ring (bicyclic) bond motifs is 2. The van der Waals surface area contributed by atoms with Gasteiger partial charge in [0.1, 0.15) is 5.75 Å². The van der Waals surface area contributed by atoms with Gasteiger partial charge in [0, 0.05) is 12.6 Å². The Labute approximate surface area is 189 Å². The average Bonchev–Trinajstić information content (AvgIpc) is 3.23. The van der Waals surface area contributed by atoms with E-state index in [1.165, 1.54) is 0 Å². The number of hydrogen-bond acceptors (Lipinski definition) is 10. The van der Waals surface area contributed by atoms with E-state index in [1.807, 2.05) is 18.2 Å². The Morgan fingerprint density at radius 3 is 2.73 bits per heavy atom. The molecule has 14 nitrogen and oxygen atoms in total. The fourth-order valence-corrected chi connectivity index (χ4v) is 2.80. The summed E-state index contributed by atoms with van der Waals surface area (Å²) < 4.78 is 10.6. The van der Waals surface area contributed by atoms with Gasteiger partial charge in [0.2, 0.25) is 5.82 Å². The molecule has 0 saturated carbocycles. The number of nitrogens with two attached hydrogens (primary N) is 1. The number of benzene rings is 1. The highest BCUT2D eigenvalue weighted by atomic mass is 35.5. The number of anilines is 1. The molecule has 1 aliphatic heterocycles. The molecule has 0 saturated heterocycles. The molecule has 15 heteroatoms. The minimum Gasteiger partial charge on any atom is -0.482 e. The monoisotopic (exact) mass is 477 g/mol. The van der Waals surface area contributed by atoms with Crippen LogP contribution in [0.15, 0.2) is 24.3 Å². The van der Waals surface area contributed by atoms with E-state index in [-0.39, 0.29) is 29.8 Å². The molecule has 0 radical (unpaired) electrons. The number of carbonyl (C=O) groups excluding carboxylic acids is 3. The lowest BCUT2D eigenvalue weighted by atomic mass is 10.1. The van der Waals surface area contributed by atoms with E-state index < -0.39 is 23.5 Å². The number of nitrogens with zero attached hydrogens (tertiary/aromatic N) is 4. The molecule has 0 bridgehead atoms. The minimum absolute atomic E-state index is 0.0834. The van der Waals surface area contributed by atoms with Crippen molar-refractivity contribution < 1.29 is 33.8 Å². The zero-order chi connectivity index (χ0) is 24.1. The Kier molecular flexibility index (Phi) is 7.00. The number of amides is 2. The zero-order valence-corrected chi connectivity index (χ0v) is 17.6. The van der Waals surface area contributed by atoms with E-state index in [2.05, 4.69) is 30.0 Å². The van der Waals surface area contributed by atoms with E-state index in [1.54, 1.807) is 0 Å². The van der Waals surface area contributed by atoms with Crippen LogP contribution in [0.4, 0.5) is 5.69 Å². The van der Waals surface area contributed by atoms with Gasteiger partial charge in [0.15, 0.2) is 18.0 Å². The summed E-state index contributed by atoms with van der Waals surface area (Å²) in [7, 11) is 1.11. The lowest BCUT2D eigenvalue weighted by Crippen LogP contribution is -2.25. The number of carbonyl (C=O) groups is 4. The van der Waals surface area contributed by atoms with Crippen molar-refractivity contribution in [1.82, 2.24) is 24.4 Å². The first-order valence-electron chi connectivity index (χ1n) is 9.01. The fourth-order valence-electron chi connectivity index (χ4n) is 2.65. The lowest BCUT2D eigenvalue weighted by molar-refractivity contribution is -0.118. The Bertz CT molecular complexity index is 1260. The molecule has 1 aromatic carbocycles. The minimum atomic E-state index is -1.36. The van der Waals surface area contributed by atoms with Gasteiger partial charge >= 0.3 is 11.9 Å². The van der Waals surface area contributed by atoms with Crippen LogP contribution in [-0.2, 0) is 16.1 Å². The van der Waals surface area contributed by atoms with Crippen LogP contribution in [0, 0.1) is 0 Å². The van der Waals surface area contributed by atoms with Crippen LogP contribution in [0.1, 0.15) is 37.2 Å². The third-order valence-corrected chi connectivity index (χ3v) is 4.23. The average molecular weight is 478 g/mol. The number of aromatic carboxylic acids is 1. The number of methoxy groups -OCH3 is 1. The molecular weight excluding hydrogens is 462 g/mol. The van der Waals surface area contributed by atoms with E-state index in [0.29, 0.717) is 18.0 Å². The Morgan fingerprint density at radius 2 is 2.09 bits per heavy atom. The van der Waals surface area contributed by atoms with Crippen molar-refractivity contribution in [3.63, 3.8) is 0 Å². The molecule has 4 rings (SSSR count). The van der Waals surface area contributed by atoms with Crippen molar-refractivity contribution in [2.24, 2.45) is 5.73 Å². The molecule has 2 aromatic heterocycles. The number of rotatable bonds is 5. The van der Waals surface area contributed by atoms with E-state index in [9.17, 15) is 19.2 Å². The van der Waals surface area contributed by atoms with Gasteiger partial charge in [-0.05, 0) is 29.5 Å². The fraction of sp³-hybridized carbons (Fsp3) is 0.167. The van der Waals surface area contributed by atoms with Crippen LogP contribution in [-0.4, -0.2) is 62.2 Å². The number of esters is 1. The van der Waals surface area contributed by atoms with Crippen molar-refractivity contribution >= 4 is 47.0 Å². The van der Waals surface area contributed by atoms with Crippen LogP contribution in [0.3, 0.4) is 0 Å². The molecule has 0 spiro atoms. The predicted octanol–water partition coefficient (Wildman–Crippen LogP) is -0.0311. The molecular formula is C18H16ClN7O7. The number of nitrogens with one attached hydrogen (secondary N) is 2. The van der Waals surface area contributed by atoms with Crippen LogP contribution in [0.2, 0.25) is 0 Å². The summed E-state index contributed by atoms with van der Waals surface area (Å²) in [6.45, 7) is 0.630. The largest absolute Gasteiger partial charge is 0.482 e. The van der Waals surface area contributed by atoms with Gasteiger partial charge in [-0.25, -0.2) is 19.4 Å². The maximum atomic E-state index is 11.5. The van der Waals surface area contributed by atoms with Crippen molar-refractivity contribution in [3.8, 4) is 5.75 Å². The predicted molar refractivity (Wildman–Crippen MR) is 111 cm³/mol. The topological polar surface area (TPSA) is 200 Å². The molecule has 3 heterocycles. The highest BCUT2D eigenvalue weighted by molar-refractivity contribution is 6.13. The maximum Gasteiger partial charge on any atom is 0.356 e. The number of hydrogen-bond donors (Lipinski definition) is 4. The highest BCUT2D eigenvalue weighted by Gasteiger charge is 2.21. The van der Waals surface area contributed by atoms with Crippen LogP contribution >= 0.6 is 11.8 Å². The van der Waals surface area contributed by atoms with Crippen molar-refractivity contribution in [2.45, 2.75) is 6.54 Å². The second kappa shape index (κ2) is 9.88. The van der Waals surface area contributed by atoms with Crippen molar-refractivity contribution in [1.29, 1.82) is 0 Å². The van der Waals surface area contributed by atoms with E-state index >= 15 is 0 Å². The number of aromatic nitrogens is 4. The van der Waals surface area contributed by atoms with Gasteiger partial charge in [-0.15, -0.1) is 5.10 Å². The Morgan fingerprint density at radius 1 is 1.33 bits per heavy atom. The molecule has 5 N–H and O–H groups in total. The first kappa shape index (κ1) is 23.4. The molecule has 1 aliphatic rings. The summed E-state index contributed by atoms with van der Waals surface area (Å²) in [6, 6.07) is 6.51. The Balaban J connectivity index is 0.000000194. The molecule has 33 heavy (non-hydrogen) atoms. The third-order valence-electron chi connectivity index (χ3n) is 4.09. The zero-order valence-electron chi connectivity index (χ0n) is 16.9. The van der Waals surface area contributed by atoms with Crippen LogP contribution in [0.5, 0.6) is 5.75 Å². The Hall–Kier alpha value is -4.30. The van der Waals surface area contributed by atoms with Crippen molar-refractivity contribution in [3.05, 3.63) is 47.0 Å². The normalized spacial score (nSPS) is 12.0. The first-order chi connectivity index (χ1) is 15.7. The molecule has 3 aromatic rings. The third kappa shape index (κ3) is 5.31. The summed E-state index contributed by atoms with van der Waals surface area (Å²) in [5, 5.41) is 15.3. The van der Waals surface area contributed by atoms with E-state index in [0.717, 1.165) is 23.3 Å².